The highest BCUT2D eigenvalue weighted by Crippen LogP contribution is 2.16. The van der Waals surface area contributed by atoms with Gasteiger partial charge in [-0.1, -0.05) is 19.9 Å². The molecule has 4 nitrogen and oxygen atoms in total. The molecule has 0 radical (unpaired) electrons. The molecule has 2 aromatic rings. The van der Waals surface area contributed by atoms with Gasteiger partial charge in [-0.05, 0) is 18.1 Å². The molecule has 0 fully saturated rings. The monoisotopic (exact) mass is 216 g/mol. The molecule has 0 aliphatic carbocycles. The van der Waals surface area contributed by atoms with Crippen molar-refractivity contribution in [1.29, 1.82) is 0 Å². The highest BCUT2D eigenvalue weighted by molar-refractivity contribution is 5.58. The van der Waals surface area contributed by atoms with Crippen LogP contribution in [0, 0.1) is 5.92 Å². The topological polar surface area (TPSA) is 53.6 Å². The van der Waals surface area contributed by atoms with Gasteiger partial charge in [0.2, 0.25) is 0 Å². The van der Waals surface area contributed by atoms with Crippen LogP contribution in [0.5, 0.6) is 0 Å². The fraction of sp³-hybridized carbons (Fsp3) is 0.333. The third-order valence-corrected chi connectivity index (χ3v) is 2.21. The van der Waals surface area contributed by atoms with E-state index in [2.05, 4.69) is 34.3 Å². The van der Waals surface area contributed by atoms with Crippen molar-refractivity contribution in [3.8, 4) is 11.4 Å². The summed E-state index contributed by atoms with van der Waals surface area (Å²) in [5.41, 5.74) is 1.85. The Morgan fingerprint density at radius 3 is 2.94 bits per heavy atom. The quantitative estimate of drug-likeness (QED) is 0.825. The Morgan fingerprint density at radius 2 is 2.25 bits per heavy atom. The van der Waals surface area contributed by atoms with Crippen LogP contribution in [0.1, 0.15) is 13.8 Å². The third-order valence-electron chi connectivity index (χ3n) is 2.21. The van der Waals surface area contributed by atoms with Crippen molar-refractivity contribution in [2.45, 2.75) is 13.8 Å². The Balaban J connectivity index is 2.08. The van der Waals surface area contributed by atoms with E-state index in [1.54, 1.807) is 6.20 Å². The molecule has 0 amide bonds. The Morgan fingerprint density at radius 1 is 1.38 bits per heavy atom. The first-order valence-electron chi connectivity index (χ1n) is 5.46. The second kappa shape index (κ2) is 4.79. The summed E-state index contributed by atoms with van der Waals surface area (Å²) in [6.07, 6.45) is 1.78. The lowest BCUT2D eigenvalue weighted by molar-refractivity contribution is 0.687. The smallest absolute Gasteiger partial charge is 0.148 e. The zero-order chi connectivity index (χ0) is 11.4. The number of hydrogen-bond donors (Lipinski definition) is 2. The number of anilines is 1. The second-order valence-corrected chi connectivity index (χ2v) is 4.16. The number of H-pyrrole nitrogens is 1. The summed E-state index contributed by atoms with van der Waals surface area (Å²) in [7, 11) is 0. The molecule has 2 N–H and O–H groups in total. The lowest BCUT2D eigenvalue weighted by Crippen LogP contribution is -2.07. The average molecular weight is 216 g/mol. The second-order valence-electron chi connectivity index (χ2n) is 4.16. The molecule has 0 aliphatic heterocycles. The summed E-state index contributed by atoms with van der Waals surface area (Å²) in [6.45, 7) is 5.26. The van der Waals surface area contributed by atoms with Gasteiger partial charge in [-0.3, -0.25) is 10.1 Å². The summed E-state index contributed by atoms with van der Waals surface area (Å²) in [4.78, 5) is 4.26. The molecule has 2 heterocycles. The Bertz CT molecular complexity index is 433. The molecule has 2 rings (SSSR count). The van der Waals surface area contributed by atoms with Gasteiger partial charge in [-0.25, -0.2) is 0 Å². The third kappa shape index (κ3) is 2.59. The van der Waals surface area contributed by atoms with Crippen LogP contribution in [0.4, 0.5) is 5.82 Å². The van der Waals surface area contributed by atoms with Gasteiger partial charge in [-0.15, -0.1) is 0 Å². The van der Waals surface area contributed by atoms with E-state index < -0.39 is 0 Å². The largest absolute Gasteiger partial charge is 0.368 e. The maximum absolute atomic E-state index is 4.26. The van der Waals surface area contributed by atoms with Gasteiger partial charge in [0.05, 0.1) is 11.4 Å². The van der Waals surface area contributed by atoms with Crippen LogP contribution < -0.4 is 5.32 Å². The van der Waals surface area contributed by atoms with Crippen molar-refractivity contribution < 1.29 is 0 Å². The first-order valence-corrected chi connectivity index (χ1v) is 5.46. The molecule has 0 saturated carbocycles. The van der Waals surface area contributed by atoms with Crippen LogP contribution in [-0.4, -0.2) is 21.7 Å². The highest BCUT2D eigenvalue weighted by atomic mass is 15.2. The van der Waals surface area contributed by atoms with E-state index >= 15 is 0 Å². The van der Waals surface area contributed by atoms with Gasteiger partial charge in [0.15, 0.2) is 0 Å². The summed E-state index contributed by atoms with van der Waals surface area (Å²) < 4.78 is 0. The van der Waals surface area contributed by atoms with Crippen molar-refractivity contribution >= 4 is 5.82 Å². The predicted octanol–water partition coefficient (Wildman–Crippen LogP) is 2.54. The van der Waals surface area contributed by atoms with Gasteiger partial charge in [0.1, 0.15) is 5.82 Å². The van der Waals surface area contributed by atoms with Crippen LogP contribution in [0.3, 0.4) is 0 Å². The van der Waals surface area contributed by atoms with Crippen molar-refractivity contribution in [3.05, 3.63) is 30.5 Å². The first kappa shape index (κ1) is 10.7. The van der Waals surface area contributed by atoms with Crippen LogP contribution in [0.2, 0.25) is 0 Å². The average Bonchev–Trinajstić information content (AvgIpc) is 2.76. The van der Waals surface area contributed by atoms with Crippen molar-refractivity contribution in [3.63, 3.8) is 0 Å². The van der Waals surface area contributed by atoms with E-state index in [1.165, 1.54) is 0 Å². The predicted molar refractivity (Wildman–Crippen MR) is 65.1 cm³/mol. The number of rotatable bonds is 4. The number of aromatic amines is 1. The maximum Gasteiger partial charge on any atom is 0.148 e. The van der Waals surface area contributed by atoms with Crippen LogP contribution >= 0.6 is 0 Å². The SMILES string of the molecule is CC(C)CNc1cc(-c2ccccn2)[nH]n1. The molecule has 4 heteroatoms. The van der Waals surface area contributed by atoms with E-state index in [1.807, 2.05) is 24.3 Å². The first-order chi connectivity index (χ1) is 7.75. The molecule has 0 saturated heterocycles. The van der Waals surface area contributed by atoms with Crippen molar-refractivity contribution in [2.24, 2.45) is 5.92 Å². The van der Waals surface area contributed by atoms with E-state index in [0.29, 0.717) is 5.92 Å². The normalized spacial score (nSPS) is 10.7. The Kier molecular flexibility index (Phi) is 3.19. The molecule has 0 aliphatic rings. The summed E-state index contributed by atoms with van der Waals surface area (Å²) in [5.74, 6) is 1.48. The van der Waals surface area contributed by atoms with Gasteiger partial charge in [0.25, 0.3) is 0 Å². The fourth-order valence-electron chi connectivity index (χ4n) is 1.37. The lowest BCUT2D eigenvalue weighted by Gasteiger charge is -2.04. The molecular formula is C12H16N4. The minimum atomic E-state index is 0.606. The Hall–Kier alpha value is -1.84. The molecule has 0 aromatic carbocycles. The maximum atomic E-state index is 4.26. The number of pyridine rings is 1. The molecule has 16 heavy (non-hydrogen) atoms. The van der Waals surface area contributed by atoms with Crippen LogP contribution in [-0.2, 0) is 0 Å². The molecular weight excluding hydrogens is 200 g/mol. The lowest BCUT2D eigenvalue weighted by atomic mass is 10.2. The minimum Gasteiger partial charge on any atom is -0.368 e. The number of aromatic nitrogens is 3. The van der Waals surface area contributed by atoms with Gasteiger partial charge >= 0.3 is 0 Å². The molecule has 0 bridgehead atoms. The molecule has 84 valence electrons. The molecule has 0 unspecified atom stereocenters. The number of hydrogen-bond acceptors (Lipinski definition) is 3. The number of nitrogens with zero attached hydrogens (tertiary/aromatic N) is 2. The fourth-order valence-corrected chi connectivity index (χ4v) is 1.37. The van der Waals surface area contributed by atoms with Crippen LogP contribution in [0.15, 0.2) is 30.5 Å². The standard InChI is InChI=1S/C12H16N4/c1-9(2)8-14-12-7-11(15-16-12)10-5-3-4-6-13-10/h3-7,9H,8H2,1-2H3,(H2,14,15,16). The van der Waals surface area contributed by atoms with E-state index in [0.717, 1.165) is 23.8 Å². The Labute approximate surface area is 95.1 Å². The van der Waals surface area contributed by atoms with E-state index in [4.69, 9.17) is 0 Å². The number of nitrogens with one attached hydrogen (secondary N) is 2. The summed E-state index contributed by atoms with van der Waals surface area (Å²) in [5, 5.41) is 10.4. The summed E-state index contributed by atoms with van der Waals surface area (Å²) >= 11 is 0. The van der Waals surface area contributed by atoms with Crippen molar-refractivity contribution in [2.75, 3.05) is 11.9 Å². The van der Waals surface area contributed by atoms with Gasteiger partial charge in [0, 0.05) is 18.8 Å². The molecule has 0 atom stereocenters. The van der Waals surface area contributed by atoms with Crippen molar-refractivity contribution in [1.82, 2.24) is 15.2 Å². The van der Waals surface area contributed by atoms with Crippen LogP contribution in [0.25, 0.3) is 11.4 Å². The van der Waals surface area contributed by atoms with Gasteiger partial charge in [-0.2, -0.15) is 5.10 Å². The highest BCUT2D eigenvalue weighted by Gasteiger charge is 2.03. The van der Waals surface area contributed by atoms with E-state index in [9.17, 15) is 0 Å². The van der Waals surface area contributed by atoms with Gasteiger partial charge < -0.3 is 5.32 Å². The minimum absolute atomic E-state index is 0.606. The van der Waals surface area contributed by atoms with E-state index in [-0.39, 0.29) is 0 Å². The zero-order valence-electron chi connectivity index (χ0n) is 9.57. The molecule has 2 aromatic heterocycles. The molecule has 0 spiro atoms. The summed E-state index contributed by atoms with van der Waals surface area (Å²) in [6, 6.07) is 7.80. The zero-order valence-corrected chi connectivity index (χ0v) is 9.57.